The smallest absolute Gasteiger partial charge is 0.174 e. The lowest BCUT2D eigenvalue weighted by molar-refractivity contribution is 1.29. The second-order valence-corrected chi connectivity index (χ2v) is 2.65. The van der Waals surface area contributed by atoms with E-state index in [1.165, 1.54) is 0 Å². The van der Waals surface area contributed by atoms with E-state index in [0.29, 0.717) is 0 Å². The van der Waals surface area contributed by atoms with Crippen LogP contribution in [0.5, 0.6) is 0 Å². The summed E-state index contributed by atoms with van der Waals surface area (Å²) in [6.07, 6.45) is 6.21. The molecule has 0 saturated carbocycles. The van der Waals surface area contributed by atoms with Gasteiger partial charge in [0.15, 0.2) is 6.33 Å². The summed E-state index contributed by atoms with van der Waals surface area (Å²) in [5, 5.41) is 0. The Hall–Kier alpha value is -1.16. The molecule has 3 nitrogen and oxygen atoms in total. The van der Waals surface area contributed by atoms with E-state index in [9.17, 15) is 0 Å². The Morgan fingerprint density at radius 1 is 1.60 bits per heavy atom. The number of nitrogens with one attached hydrogen (secondary N) is 1. The number of aromatic nitrogens is 3. The van der Waals surface area contributed by atoms with Crippen LogP contribution >= 0.6 is 11.3 Å². The molecule has 1 radical (unpaired) electrons. The summed E-state index contributed by atoms with van der Waals surface area (Å²) in [7, 11) is 0. The maximum atomic E-state index is 3.95. The minimum absolute atomic E-state index is 0.905. The number of imidazole rings is 1. The summed E-state index contributed by atoms with van der Waals surface area (Å²) in [4.78, 5) is 11.7. The van der Waals surface area contributed by atoms with Gasteiger partial charge in [-0.25, -0.2) is 4.98 Å². The molecule has 0 aliphatic carbocycles. The van der Waals surface area contributed by atoms with Gasteiger partial charge in [0.1, 0.15) is 5.69 Å². The first kappa shape index (κ1) is 5.61. The average Bonchev–Trinajstić information content (AvgIpc) is 2.59. The predicted octanol–water partition coefficient (Wildman–Crippen LogP) is 1.33. The van der Waals surface area contributed by atoms with E-state index in [1.807, 2.05) is 0 Å². The topological polar surface area (TPSA) is 41.6 Å². The van der Waals surface area contributed by atoms with Crippen molar-refractivity contribution in [1.29, 1.82) is 0 Å². The van der Waals surface area contributed by atoms with E-state index in [0.717, 1.165) is 10.6 Å². The van der Waals surface area contributed by atoms with Crippen LogP contribution in [0.1, 0.15) is 0 Å². The zero-order valence-corrected chi connectivity index (χ0v) is 5.85. The molecule has 0 unspecified atom stereocenters. The third kappa shape index (κ3) is 0.823. The summed E-state index contributed by atoms with van der Waals surface area (Å²) in [6.45, 7) is 0. The molecular formula is C6H4N3S. The van der Waals surface area contributed by atoms with Crippen molar-refractivity contribution in [2.75, 3.05) is 0 Å². The number of thiazole rings is 1. The van der Waals surface area contributed by atoms with Crippen LogP contribution in [0.2, 0.25) is 0 Å². The first-order valence-corrected chi connectivity index (χ1v) is 3.65. The van der Waals surface area contributed by atoms with Gasteiger partial charge in [0, 0.05) is 12.4 Å². The highest BCUT2D eigenvalue weighted by molar-refractivity contribution is 7.13. The Labute approximate surface area is 61.8 Å². The van der Waals surface area contributed by atoms with Crippen LogP contribution in [0, 0.1) is 6.33 Å². The maximum Gasteiger partial charge on any atom is 0.174 e. The molecule has 0 aliphatic rings. The standard InChI is InChI=1S/C6H4N3S/c1-5(9-3-7-1)6-2-8-4-10-6/h1-2,4H,(H,7,9). The molecule has 10 heavy (non-hydrogen) atoms. The summed E-state index contributed by atoms with van der Waals surface area (Å²) in [6, 6.07) is 0. The monoisotopic (exact) mass is 150 g/mol. The molecule has 2 rings (SSSR count). The summed E-state index contributed by atoms with van der Waals surface area (Å²) < 4.78 is 0. The average molecular weight is 150 g/mol. The fourth-order valence-electron chi connectivity index (χ4n) is 0.694. The molecule has 0 spiro atoms. The van der Waals surface area contributed by atoms with E-state index in [4.69, 9.17) is 0 Å². The summed E-state index contributed by atoms with van der Waals surface area (Å²) >= 11 is 1.57. The molecule has 2 heterocycles. The van der Waals surface area contributed by atoms with Crippen LogP contribution in [0.15, 0.2) is 17.9 Å². The Morgan fingerprint density at radius 2 is 2.60 bits per heavy atom. The van der Waals surface area contributed by atoms with Crippen molar-refractivity contribution in [2.45, 2.75) is 0 Å². The van der Waals surface area contributed by atoms with Crippen molar-refractivity contribution in [1.82, 2.24) is 15.0 Å². The van der Waals surface area contributed by atoms with Crippen LogP contribution in [0.25, 0.3) is 10.6 Å². The lowest BCUT2D eigenvalue weighted by atomic mass is 10.4. The zero-order chi connectivity index (χ0) is 6.81. The predicted molar refractivity (Wildman–Crippen MR) is 38.5 cm³/mol. The zero-order valence-electron chi connectivity index (χ0n) is 5.03. The number of nitrogens with zero attached hydrogens (tertiary/aromatic N) is 2. The van der Waals surface area contributed by atoms with Gasteiger partial charge in [-0.05, 0) is 0 Å². The molecule has 0 aliphatic heterocycles. The minimum atomic E-state index is 0.905. The van der Waals surface area contributed by atoms with Crippen molar-refractivity contribution in [3.63, 3.8) is 0 Å². The Balaban J connectivity index is 2.48. The number of rotatable bonds is 1. The molecule has 0 atom stereocenters. The van der Waals surface area contributed by atoms with Crippen LogP contribution in [-0.4, -0.2) is 15.0 Å². The van der Waals surface area contributed by atoms with Crippen molar-refractivity contribution < 1.29 is 0 Å². The summed E-state index contributed by atoms with van der Waals surface area (Å²) in [5.74, 6) is 0. The molecule has 0 bridgehead atoms. The quantitative estimate of drug-likeness (QED) is 0.666. The molecule has 2 aromatic heterocycles. The van der Waals surface area contributed by atoms with Gasteiger partial charge < -0.3 is 4.98 Å². The van der Waals surface area contributed by atoms with Gasteiger partial charge in [-0.3, -0.25) is 4.98 Å². The van der Waals surface area contributed by atoms with Gasteiger partial charge in [0.05, 0.1) is 10.4 Å². The number of hydrogen-bond donors (Lipinski definition) is 1. The fraction of sp³-hybridized carbons (Fsp3) is 0. The van der Waals surface area contributed by atoms with Crippen molar-refractivity contribution in [3.8, 4) is 10.6 Å². The highest BCUT2D eigenvalue weighted by atomic mass is 32.1. The first-order chi connectivity index (χ1) is 4.97. The second kappa shape index (κ2) is 2.22. The van der Waals surface area contributed by atoms with E-state index in [-0.39, 0.29) is 0 Å². The SMILES string of the molecule is [c]1nc(-c2cncs2)c[nH]1. The maximum absolute atomic E-state index is 3.95. The molecule has 4 heteroatoms. The third-order valence-electron chi connectivity index (χ3n) is 1.13. The van der Waals surface area contributed by atoms with Crippen LogP contribution in [-0.2, 0) is 0 Å². The Kier molecular flexibility index (Phi) is 1.25. The van der Waals surface area contributed by atoms with Gasteiger partial charge in [-0.1, -0.05) is 0 Å². The molecule has 0 amide bonds. The van der Waals surface area contributed by atoms with Gasteiger partial charge in [0.2, 0.25) is 0 Å². The minimum Gasteiger partial charge on any atom is -0.341 e. The largest absolute Gasteiger partial charge is 0.341 e. The van der Waals surface area contributed by atoms with E-state index in [1.54, 1.807) is 29.2 Å². The first-order valence-electron chi connectivity index (χ1n) is 2.77. The normalized spacial score (nSPS) is 10.0. The molecule has 49 valence electrons. The highest BCUT2D eigenvalue weighted by Crippen LogP contribution is 2.18. The molecular weight excluding hydrogens is 146 g/mol. The highest BCUT2D eigenvalue weighted by Gasteiger charge is 1.98. The van der Waals surface area contributed by atoms with Gasteiger partial charge in [-0.15, -0.1) is 11.3 Å². The second-order valence-electron chi connectivity index (χ2n) is 1.76. The van der Waals surface area contributed by atoms with Gasteiger partial charge >= 0.3 is 0 Å². The number of aromatic amines is 1. The van der Waals surface area contributed by atoms with Crippen LogP contribution in [0.3, 0.4) is 0 Å². The third-order valence-corrected chi connectivity index (χ3v) is 1.93. The molecule has 2 aromatic rings. The Morgan fingerprint density at radius 3 is 3.20 bits per heavy atom. The van der Waals surface area contributed by atoms with Crippen LogP contribution in [0.4, 0.5) is 0 Å². The molecule has 0 aromatic carbocycles. The van der Waals surface area contributed by atoms with Crippen molar-refractivity contribution in [3.05, 3.63) is 24.2 Å². The Bertz CT molecular complexity index is 252. The number of hydrogen-bond acceptors (Lipinski definition) is 3. The number of H-pyrrole nitrogens is 1. The summed E-state index contributed by atoms with van der Waals surface area (Å²) in [5.41, 5.74) is 2.69. The van der Waals surface area contributed by atoms with E-state index in [2.05, 4.69) is 21.3 Å². The van der Waals surface area contributed by atoms with Crippen molar-refractivity contribution >= 4 is 11.3 Å². The molecule has 0 fully saturated rings. The van der Waals surface area contributed by atoms with Crippen LogP contribution < -0.4 is 0 Å². The van der Waals surface area contributed by atoms with E-state index >= 15 is 0 Å². The van der Waals surface area contributed by atoms with Gasteiger partial charge in [0.25, 0.3) is 0 Å². The van der Waals surface area contributed by atoms with Crippen molar-refractivity contribution in [2.24, 2.45) is 0 Å². The molecule has 1 N–H and O–H groups in total. The lowest BCUT2D eigenvalue weighted by Gasteiger charge is -1.81. The lowest BCUT2D eigenvalue weighted by Crippen LogP contribution is -1.67. The van der Waals surface area contributed by atoms with E-state index < -0.39 is 0 Å². The molecule has 0 saturated heterocycles. The fourth-order valence-corrected chi connectivity index (χ4v) is 1.28. The van der Waals surface area contributed by atoms with Gasteiger partial charge in [-0.2, -0.15) is 0 Å².